The molecule has 19 heavy (non-hydrogen) atoms. The van der Waals surface area contributed by atoms with E-state index in [0.29, 0.717) is 18.1 Å². The van der Waals surface area contributed by atoms with Crippen molar-refractivity contribution in [2.45, 2.75) is 32.6 Å². The molecule has 1 heteroatoms. The minimum Gasteiger partial charge on any atom is -0.294 e. The van der Waals surface area contributed by atoms with Gasteiger partial charge in [-0.05, 0) is 37.8 Å². The summed E-state index contributed by atoms with van der Waals surface area (Å²) in [6.45, 7) is 4.04. The van der Waals surface area contributed by atoms with Crippen LogP contribution in [-0.4, -0.2) is 5.78 Å². The van der Waals surface area contributed by atoms with Crippen molar-refractivity contribution >= 4 is 5.78 Å². The molecule has 0 aliphatic heterocycles. The number of allylic oxidation sites excluding steroid dienone is 4. The fourth-order valence-electron chi connectivity index (χ4n) is 2.35. The van der Waals surface area contributed by atoms with Crippen LogP contribution in [0.2, 0.25) is 0 Å². The number of terminal acetylenes is 1. The summed E-state index contributed by atoms with van der Waals surface area (Å²) in [5.74, 6) is 0.674. The summed E-state index contributed by atoms with van der Waals surface area (Å²) < 4.78 is 0. The minimum atomic E-state index is 0.299. The molecule has 2 rings (SSSR count). The topological polar surface area (TPSA) is 17.1 Å². The molecule has 0 heterocycles. The highest BCUT2D eigenvalue weighted by Gasteiger charge is 2.27. The molecule has 0 amide bonds. The highest BCUT2D eigenvalue weighted by atomic mass is 16.1. The van der Waals surface area contributed by atoms with E-state index in [2.05, 4.69) is 37.1 Å². The average molecular weight is 252 g/mol. The lowest BCUT2D eigenvalue weighted by atomic mass is 9.97. The van der Waals surface area contributed by atoms with Gasteiger partial charge in [-0.25, -0.2) is 0 Å². The summed E-state index contributed by atoms with van der Waals surface area (Å²) in [5, 5.41) is 0. The van der Waals surface area contributed by atoms with Crippen molar-refractivity contribution in [3.05, 3.63) is 59.2 Å². The standard InChI is InChI=1S/C16H18O.C2H2/c1-3-4-5-6-7-13-11-16(17)15-10-12(2)8-9-14(13)15;1-2/h3-6,8-10,13H,7,11H2,1-2H3;1-2H/b4-3-,6-5-;. The van der Waals surface area contributed by atoms with Crippen LogP contribution in [-0.2, 0) is 0 Å². The van der Waals surface area contributed by atoms with E-state index in [4.69, 9.17) is 0 Å². The maximum atomic E-state index is 11.9. The average Bonchev–Trinajstić information content (AvgIpc) is 2.74. The molecule has 1 aromatic rings. The first-order valence-electron chi connectivity index (χ1n) is 6.47. The number of hydrogen-bond donors (Lipinski definition) is 0. The molecule has 0 aromatic heterocycles. The zero-order valence-corrected chi connectivity index (χ0v) is 11.6. The highest BCUT2D eigenvalue weighted by molar-refractivity contribution is 6.01. The smallest absolute Gasteiger partial charge is 0.163 e. The van der Waals surface area contributed by atoms with Gasteiger partial charge in [-0.1, -0.05) is 42.0 Å². The molecule has 1 aliphatic carbocycles. The van der Waals surface area contributed by atoms with Gasteiger partial charge in [0.2, 0.25) is 0 Å². The predicted octanol–water partition coefficient (Wildman–Crippen LogP) is 4.44. The van der Waals surface area contributed by atoms with Crippen LogP contribution < -0.4 is 0 Å². The summed E-state index contributed by atoms with van der Waals surface area (Å²) in [5.41, 5.74) is 3.34. The fourth-order valence-corrected chi connectivity index (χ4v) is 2.35. The minimum absolute atomic E-state index is 0.299. The second-order valence-corrected chi connectivity index (χ2v) is 4.60. The lowest BCUT2D eigenvalue weighted by Crippen LogP contribution is -1.91. The molecular formula is C18H20O. The summed E-state index contributed by atoms with van der Waals surface area (Å²) in [6.07, 6.45) is 17.8. The highest BCUT2D eigenvalue weighted by Crippen LogP contribution is 2.36. The number of ketones is 1. The number of hydrogen-bond acceptors (Lipinski definition) is 1. The van der Waals surface area contributed by atoms with E-state index >= 15 is 0 Å². The van der Waals surface area contributed by atoms with Crippen molar-refractivity contribution in [3.63, 3.8) is 0 Å². The number of carbonyl (C=O) groups is 1. The number of benzene rings is 1. The second kappa shape index (κ2) is 7.38. The van der Waals surface area contributed by atoms with Gasteiger partial charge in [0, 0.05) is 12.0 Å². The Morgan fingerprint density at radius 3 is 2.74 bits per heavy atom. The van der Waals surface area contributed by atoms with E-state index in [-0.39, 0.29) is 0 Å². The van der Waals surface area contributed by atoms with Crippen LogP contribution in [0.5, 0.6) is 0 Å². The molecule has 98 valence electrons. The van der Waals surface area contributed by atoms with Crippen LogP contribution in [0.3, 0.4) is 0 Å². The van der Waals surface area contributed by atoms with Gasteiger partial charge in [-0.15, -0.1) is 12.8 Å². The summed E-state index contributed by atoms with van der Waals surface area (Å²) in [4.78, 5) is 11.9. The molecule has 0 radical (unpaired) electrons. The molecule has 0 saturated heterocycles. The van der Waals surface area contributed by atoms with Gasteiger partial charge in [-0.3, -0.25) is 4.79 Å². The van der Waals surface area contributed by atoms with Gasteiger partial charge in [0.15, 0.2) is 5.78 Å². The van der Waals surface area contributed by atoms with E-state index in [9.17, 15) is 4.79 Å². The first-order chi connectivity index (χ1) is 9.22. The second-order valence-electron chi connectivity index (χ2n) is 4.60. The van der Waals surface area contributed by atoms with Crippen LogP contribution in [0.25, 0.3) is 0 Å². The third-order valence-corrected chi connectivity index (χ3v) is 3.24. The van der Waals surface area contributed by atoms with Crippen LogP contribution in [0, 0.1) is 19.8 Å². The lowest BCUT2D eigenvalue weighted by molar-refractivity contribution is 0.0989. The zero-order valence-electron chi connectivity index (χ0n) is 11.6. The van der Waals surface area contributed by atoms with Crippen LogP contribution in [0.1, 0.15) is 47.2 Å². The molecule has 0 spiro atoms. The number of Topliss-reactive ketones (excluding diaryl/α,β-unsaturated/α-hetero) is 1. The number of aryl methyl sites for hydroxylation is 1. The molecule has 0 N–H and O–H groups in total. The normalized spacial score (nSPS) is 17.5. The maximum absolute atomic E-state index is 11.9. The molecule has 0 fully saturated rings. The molecule has 1 nitrogen and oxygen atoms in total. The van der Waals surface area contributed by atoms with Crippen LogP contribution in [0.15, 0.2) is 42.5 Å². The van der Waals surface area contributed by atoms with E-state index in [1.54, 1.807) is 0 Å². The van der Waals surface area contributed by atoms with Crippen LogP contribution in [0.4, 0.5) is 0 Å². The van der Waals surface area contributed by atoms with Crippen molar-refractivity contribution < 1.29 is 4.79 Å². The molecule has 0 bridgehead atoms. The molecular weight excluding hydrogens is 232 g/mol. The van der Waals surface area contributed by atoms with Crippen LogP contribution >= 0.6 is 0 Å². The van der Waals surface area contributed by atoms with Gasteiger partial charge in [0.25, 0.3) is 0 Å². The first kappa shape index (κ1) is 15.0. The van der Waals surface area contributed by atoms with Gasteiger partial charge in [0.1, 0.15) is 0 Å². The van der Waals surface area contributed by atoms with Crippen molar-refractivity contribution in [2.75, 3.05) is 0 Å². The summed E-state index contributed by atoms with van der Waals surface area (Å²) >= 11 is 0. The quantitative estimate of drug-likeness (QED) is 0.574. The van der Waals surface area contributed by atoms with Gasteiger partial charge in [0.05, 0.1) is 0 Å². The molecule has 1 unspecified atom stereocenters. The maximum Gasteiger partial charge on any atom is 0.163 e. The lowest BCUT2D eigenvalue weighted by Gasteiger charge is -2.07. The summed E-state index contributed by atoms with van der Waals surface area (Å²) in [6, 6.07) is 6.23. The van der Waals surface area contributed by atoms with Gasteiger partial charge in [-0.2, -0.15) is 0 Å². The van der Waals surface area contributed by atoms with Gasteiger partial charge >= 0.3 is 0 Å². The number of carbonyl (C=O) groups excluding carboxylic acids is 1. The monoisotopic (exact) mass is 252 g/mol. The third kappa shape index (κ3) is 3.69. The Balaban J connectivity index is 0.000000861. The van der Waals surface area contributed by atoms with Crippen molar-refractivity contribution in [3.8, 4) is 12.8 Å². The molecule has 1 aliphatic rings. The number of rotatable bonds is 3. The largest absolute Gasteiger partial charge is 0.294 e. The molecule has 0 saturated carbocycles. The summed E-state index contributed by atoms with van der Waals surface area (Å²) in [7, 11) is 0. The Morgan fingerprint density at radius 2 is 2.05 bits per heavy atom. The Labute approximate surface area is 116 Å². The zero-order chi connectivity index (χ0) is 14.3. The van der Waals surface area contributed by atoms with E-state index < -0.39 is 0 Å². The Hall–Kier alpha value is -2.07. The van der Waals surface area contributed by atoms with E-state index in [1.165, 1.54) is 11.1 Å². The Kier molecular flexibility index (Phi) is 5.82. The van der Waals surface area contributed by atoms with Crippen molar-refractivity contribution in [1.29, 1.82) is 0 Å². The first-order valence-corrected chi connectivity index (χ1v) is 6.47. The Morgan fingerprint density at radius 1 is 1.32 bits per heavy atom. The fraction of sp³-hybridized carbons (Fsp3) is 0.278. The molecule has 1 atom stereocenters. The van der Waals surface area contributed by atoms with E-state index in [1.807, 2.05) is 32.1 Å². The predicted molar refractivity (Wildman–Crippen MR) is 81.3 cm³/mol. The van der Waals surface area contributed by atoms with E-state index in [0.717, 1.165) is 12.0 Å². The third-order valence-electron chi connectivity index (χ3n) is 3.24. The SMILES string of the molecule is C#C.C/C=C\C=C/CC1CC(=O)c2cc(C)ccc21. The van der Waals surface area contributed by atoms with Crippen molar-refractivity contribution in [2.24, 2.45) is 0 Å². The van der Waals surface area contributed by atoms with Crippen molar-refractivity contribution in [1.82, 2.24) is 0 Å². The molecule has 1 aromatic carbocycles. The van der Waals surface area contributed by atoms with Gasteiger partial charge < -0.3 is 0 Å². The number of fused-ring (bicyclic) bond motifs is 1. The Bertz CT molecular complexity index is 518.